The number of β-amino-alcohol motifs (C(OH)–C–C–N with tert-alkyl or cyclic N) is 1. The minimum absolute atomic E-state index is 0.0347. The molecule has 1 aromatic carbocycles. The van der Waals surface area contributed by atoms with Crippen molar-refractivity contribution in [3.8, 4) is 5.75 Å². The normalized spacial score (nSPS) is 21.6. The quantitative estimate of drug-likeness (QED) is 0.759. The van der Waals surface area contributed by atoms with Crippen molar-refractivity contribution in [3.05, 3.63) is 23.8 Å². The zero-order valence-corrected chi connectivity index (χ0v) is 10.3. The Hall–Kier alpha value is -2.08. The van der Waals surface area contributed by atoms with Crippen LogP contribution in [0, 0.1) is 0 Å². The zero-order valence-electron chi connectivity index (χ0n) is 10.3. The maximum atomic E-state index is 12.2. The van der Waals surface area contributed by atoms with Crippen molar-refractivity contribution in [2.75, 3.05) is 25.0 Å². The van der Waals surface area contributed by atoms with Crippen molar-refractivity contribution in [1.29, 1.82) is 0 Å². The molecule has 0 bridgehead atoms. The van der Waals surface area contributed by atoms with Crippen molar-refractivity contribution in [3.63, 3.8) is 0 Å². The van der Waals surface area contributed by atoms with Crippen LogP contribution in [-0.2, 0) is 4.79 Å². The molecule has 2 aliphatic rings. The van der Waals surface area contributed by atoms with Gasteiger partial charge in [0.25, 0.3) is 11.8 Å². The van der Waals surface area contributed by atoms with Gasteiger partial charge >= 0.3 is 0 Å². The Kier molecular flexibility index (Phi) is 2.87. The van der Waals surface area contributed by atoms with Gasteiger partial charge in [0.15, 0.2) is 6.61 Å². The van der Waals surface area contributed by atoms with E-state index in [4.69, 9.17) is 4.74 Å². The summed E-state index contributed by atoms with van der Waals surface area (Å²) in [6.07, 6.45) is 0.181. The first-order valence-corrected chi connectivity index (χ1v) is 6.17. The van der Waals surface area contributed by atoms with Crippen LogP contribution in [0.15, 0.2) is 18.2 Å². The molecule has 2 N–H and O–H groups in total. The van der Waals surface area contributed by atoms with Crippen molar-refractivity contribution in [2.24, 2.45) is 0 Å². The van der Waals surface area contributed by atoms with Crippen LogP contribution in [0.4, 0.5) is 5.69 Å². The lowest BCUT2D eigenvalue weighted by molar-refractivity contribution is -0.118. The fraction of sp³-hybridized carbons (Fsp3) is 0.385. The molecule has 1 saturated heterocycles. The highest BCUT2D eigenvalue weighted by Crippen LogP contribution is 2.29. The highest BCUT2D eigenvalue weighted by Gasteiger charge is 2.26. The highest BCUT2D eigenvalue weighted by molar-refractivity contribution is 5.99. The second-order valence-electron chi connectivity index (χ2n) is 4.74. The lowest BCUT2D eigenvalue weighted by Gasteiger charge is -2.20. The summed E-state index contributed by atoms with van der Waals surface area (Å²) < 4.78 is 5.28. The Morgan fingerprint density at radius 2 is 2.32 bits per heavy atom. The minimum atomic E-state index is -0.433. The summed E-state index contributed by atoms with van der Waals surface area (Å²) in [4.78, 5) is 25.0. The van der Waals surface area contributed by atoms with Crippen LogP contribution in [0.1, 0.15) is 16.8 Å². The monoisotopic (exact) mass is 262 g/mol. The van der Waals surface area contributed by atoms with Crippen LogP contribution in [0.2, 0.25) is 0 Å². The van der Waals surface area contributed by atoms with E-state index in [0.29, 0.717) is 36.5 Å². The van der Waals surface area contributed by atoms with Gasteiger partial charge in [0.2, 0.25) is 0 Å². The summed E-state index contributed by atoms with van der Waals surface area (Å²) in [6, 6.07) is 4.94. The molecular formula is C13H14N2O4. The van der Waals surface area contributed by atoms with E-state index in [0.717, 1.165) is 0 Å². The van der Waals surface area contributed by atoms with Gasteiger partial charge in [0, 0.05) is 18.7 Å². The summed E-state index contributed by atoms with van der Waals surface area (Å²) in [7, 11) is 0. The number of aliphatic hydroxyl groups excluding tert-OH is 1. The second kappa shape index (κ2) is 4.55. The number of hydrogen-bond acceptors (Lipinski definition) is 4. The number of anilines is 1. The SMILES string of the molecule is O=C1COc2cc(C(=O)N3CC[C@H](O)C3)ccc2N1. The van der Waals surface area contributed by atoms with E-state index in [2.05, 4.69) is 5.32 Å². The van der Waals surface area contributed by atoms with E-state index in [1.165, 1.54) is 0 Å². The number of fused-ring (bicyclic) bond motifs is 1. The standard InChI is InChI=1S/C13H14N2O4/c16-9-3-4-15(6-9)13(18)8-1-2-10-11(5-8)19-7-12(17)14-10/h1-2,5,9,16H,3-4,6-7H2,(H,14,17)/t9-/m0/s1. The molecule has 0 saturated carbocycles. The summed E-state index contributed by atoms with van der Waals surface area (Å²) >= 11 is 0. The van der Waals surface area contributed by atoms with Gasteiger partial charge in [-0.2, -0.15) is 0 Å². The van der Waals surface area contributed by atoms with Crippen LogP contribution in [0.3, 0.4) is 0 Å². The van der Waals surface area contributed by atoms with Gasteiger partial charge in [-0.1, -0.05) is 0 Å². The predicted molar refractivity (Wildman–Crippen MR) is 67.1 cm³/mol. The number of nitrogens with zero attached hydrogens (tertiary/aromatic N) is 1. The number of amides is 2. The van der Waals surface area contributed by atoms with Gasteiger partial charge in [-0.15, -0.1) is 0 Å². The lowest BCUT2D eigenvalue weighted by atomic mass is 10.1. The zero-order chi connectivity index (χ0) is 13.4. The molecule has 3 rings (SSSR count). The molecule has 0 aliphatic carbocycles. The average molecular weight is 262 g/mol. The molecule has 0 aromatic heterocycles. The smallest absolute Gasteiger partial charge is 0.262 e. The minimum Gasteiger partial charge on any atom is -0.482 e. The number of nitrogens with one attached hydrogen (secondary N) is 1. The number of aliphatic hydroxyl groups is 1. The van der Waals surface area contributed by atoms with Gasteiger partial charge in [-0.25, -0.2) is 0 Å². The summed E-state index contributed by atoms with van der Waals surface area (Å²) in [5.74, 6) is 0.180. The topological polar surface area (TPSA) is 78.9 Å². The summed E-state index contributed by atoms with van der Waals surface area (Å²) in [5.41, 5.74) is 1.08. The Morgan fingerprint density at radius 1 is 1.47 bits per heavy atom. The number of carbonyl (C=O) groups excluding carboxylic acids is 2. The molecular weight excluding hydrogens is 248 g/mol. The van der Waals surface area contributed by atoms with E-state index >= 15 is 0 Å². The molecule has 0 unspecified atom stereocenters. The van der Waals surface area contributed by atoms with E-state index in [1.807, 2.05) is 0 Å². The average Bonchev–Trinajstić information content (AvgIpc) is 2.84. The van der Waals surface area contributed by atoms with Crippen molar-refractivity contribution in [1.82, 2.24) is 4.90 Å². The van der Waals surface area contributed by atoms with E-state index < -0.39 is 6.10 Å². The van der Waals surface area contributed by atoms with Crippen LogP contribution < -0.4 is 10.1 Å². The largest absolute Gasteiger partial charge is 0.482 e. The third-order valence-electron chi connectivity index (χ3n) is 3.31. The van der Waals surface area contributed by atoms with Crippen molar-refractivity contribution >= 4 is 17.5 Å². The Morgan fingerprint density at radius 3 is 3.05 bits per heavy atom. The van der Waals surface area contributed by atoms with Gasteiger partial charge in [0.1, 0.15) is 5.75 Å². The van der Waals surface area contributed by atoms with Crippen molar-refractivity contribution in [2.45, 2.75) is 12.5 Å². The molecule has 2 heterocycles. The number of carbonyl (C=O) groups is 2. The first kappa shape index (κ1) is 12.0. The van der Waals surface area contributed by atoms with E-state index in [9.17, 15) is 14.7 Å². The molecule has 1 aromatic rings. The fourth-order valence-corrected chi connectivity index (χ4v) is 2.32. The van der Waals surface area contributed by atoms with Gasteiger partial charge in [-0.3, -0.25) is 9.59 Å². The lowest BCUT2D eigenvalue weighted by Crippen LogP contribution is -2.30. The highest BCUT2D eigenvalue weighted by atomic mass is 16.5. The molecule has 2 aliphatic heterocycles. The van der Waals surface area contributed by atoms with Gasteiger partial charge in [0.05, 0.1) is 11.8 Å². The maximum Gasteiger partial charge on any atom is 0.262 e. The molecule has 1 atom stereocenters. The Bertz CT molecular complexity index is 543. The van der Waals surface area contributed by atoms with Crippen LogP contribution in [0.5, 0.6) is 5.75 Å². The molecule has 6 heteroatoms. The van der Waals surface area contributed by atoms with Gasteiger partial charge < -0.3 is 20.1 Å². The molecule has 2 amide bonds. The molecule has 1 fully saturated rings. The van der Waals surface area contributed by atoms with Crippen LogP contribution in [0.25, 0.3) is 0 Å². The van der Waals surface area contributed by atoms with Crippen molar-refractivity contribution < 1.29 is 19.4 Å². The number of ether oxygens (including phenoxy) is 1. The van der Waals surface area contributed by atoms with Gasteiger partial charge in [-0.05, 0) is 24.6 Å². The molecule has 6 nitrogen and oxygen atoms in total. The molecule has 19 heavy (non-hydrogen) atoms. The first-order chi connectivity index (χ1) is 9.13. The Labute approximate surface area is 110 Å². The number of rotatable bonds is 1. The first-order valence-electron chi connectivity index (χ1n) is 6.17. The second-order valence-corrected chi connectivity index (χ2v) is 4.74. The third kappa shape index (κ3) is 2.26. The summed E-state index contributed by atoms with van der Waals surface area (Å²) in [5, 5.41) is 12.1. The molecule has 0 spiro atoms. The number of hydrogen-bond donors (Lipinski definition) is 2. The fourth-order valence-electron chi connectivity index (χ4n) is 2.32. The molecule has 0 radical (unpaired) electrons. The van der Waals surface area contributed by atoms with E-state index in [-0.39, 0.29) is 18.4 Å². The number of benzene rings is 1. The summed E-state index contributed by atoms with van der Waals surface area (Å²) in [6.45, 7) is 0.898. The van der Waals surface area contributed by atoms with Crippen LogP contribution >= 0.6 is 0 Å². The molecule has 100 valence electrons. The predicted octanol–water partition coefficient (Wildman–Crippen LogP) is 0.224. The third-order valence-corrected chi connectivity index (χ3v) is 3.31. The van der Waals surface area contributed by atoms with Crippen LogP contribution in [-0.4, -0.2) is 47.6 Å². The number of likely N-dealkylation sites (tertiary alicyclic amines) is 1. The van der Waals surface area contributed by atoms with E-state index in [1.54, 1.807) is 23.1 Å². The maximum absolute atomic E-state index is 12.2. The Balaban J connectivity index is 1.82.